The Morgan fingerprint density at radius 2 is 1.69 bits per heavy atom. The molecule has 168 valence electrons. The molecule has 1 atom stereocenters. The molecule has 0 saturated carbocycles. The van der Waals surface area contributed by atoms with Crippen LogP contribution in [0.25, 0.3) is 0 Å². The number of amides is 2. The highest BCUT2D eigenvalue weighted by atomic mass is 32.2. The molecule has 32 heavy (non-hydrogen) atoms. The van der Waals surface area contributed by atoms with Crippen molar-refractivity contribution in [2.24, 2.45) is 0 Å². The van der Waals surface area contributed by atoms with Crippen molar-refractivity contribution in [2.75, 3.05) is 26.2 Å². The van der Waals surface area contributed by atoms with Crippen molar-refractivity contribution < 1.29 is 18.0 Å². The monoisotopic (exact) mass is 454 g/mol. The van der Waals surface area contributed by atoms with Gasteiger partial charge in [0.1, 0.15) is 6.07 Å². The number of sulfonamides is 1. The summed E-state index contributed by atoms with van der Waals surface area (Å²) in [6, 6.07) is 15.2. The number of rotatable bonds is 6. The number of piperazine rings is 1. The zero-order chi connectivity index (χ0) is 23.3. The lowest BCUT2D eigenvalue weighted by Gasteiger charge is -2.35. The molecule has 3 rings (SSSR count). The van der Waals surface area contributed by atoms with Crippen molar-refractivity contribution in [1.29, 1.82) is 5.26 Å². The second-order valence-corrected chi connectivity index (χ2v) is 9.67. The highest BCUT2D eigenvalue weighted by Gasteiger charge is 2.32. The summed E-state index contributed by atoms with van der Waals surface area (Å²) in [5, 5.41) is 12.1. The molecule has 2 aromatic carbocycles. The summed E-state index contributed by atoms with van der Waals surface area (Å²) >= 11 is 0. The van der Waals surface area contributed by atoms with Crippen molar-refractivity contribution in [2.45, 2.75) is 31.2 Å². The molecule has 0 spiro atoms. The predicted octanol–water partition coefficient (Wildman–Crippen LogP) is 1.97. The van der Waals surface area contributed by atoms with E-state index in [-0.39, 0.29) is 54.9 Å². The molecule has 2 amide bonds. The van der Waals surface area contributed by atoms with Crippen LogP contribution in [0.2, 0.25) is 0 Å². The number of nitrogens with one attached hydrogen (secondary N) is 1. The van der Waals surface area contributed by atoms with E-state index in [9.17, 15) is 23.3 Å². The fraction of sp³-hybridized carbons (Fsp3) is 0.348. The molecule has 0 aromatic heterocycles. The van der Waals surface area contributed by atoms with Gasteiger partial charge in [0.25, 0.3) is 0 Å². The number of carbonyl (C=O) groups is 2. The van der Waals surface area contributed by atoms with Crippen LogP contribution < -0.4 is 5.32 Å². The number of aryl methyl sites for hydroxylation is 1. The third kappa shape index (κ3) is 5.33. The number of nitrogens with zero attached hydrogens (tertiary/aromatic N) is 3. The Morgan fingerprint density at radius 3 is 2.28 bits per heavy atom. The molecule has 1 fully saturated rings. The van der Waals surface area contributed by atoms with E-state index in [1.54, 1.807) is 17.0 Å². The first-order chi connectivity index (χ1) is 15.2. The summed E-state index contributed by atoms with van der Waals surface area (Å²) in [5.41, 5.74) is 2.02. The molecule has 1 unspecified atom stereocenters. The van der Waals surface area contributed by atoms with Gasteiger partial charge in [-0.05, 0) is 24.6 Å². The first kappa shape index (κ1) is 23.4. The van der Waals surface area contributed by atoms with Crippen molar-refractivity contribution in [1.82, 2.24) is 14.5 Å². The summed E-state index contributed by atoms with van der Waals surface area (Å²) < 4.78 is 27.3. The van der Waals surface area contributed by atoms with Gasteiger partial charge in [-0.2, -0.15) is 9.57 Å². The molecule has 0 bridgehead atoms. The maximum atomic E-state index is 13.0. The fourth-order valence-corrected chi connectivity index (χ4v) is 5.27. The van der Waals surface area contributed by atoms with E-state index in [1.165, 1.54) is 23.4 Å². The van der Waals surface area contributed by atoms with Gasteiger partial charge in [-0.1, -0.05) is 42.0 Å². The maximum Gasteiger partial charge on any atom is 0.244 e. The normalized spacial score (nSPS) is 15.6. The molecular formula is C23H26N4O4S. The summed E-state index contributed by atoms with van der Waals surface area (Å²) in [7, 11) is -3.82. The standard InChI is InChI=1S/C23H26N4O4S/c1-17-7-9-19(10-8-17)21(25-18(2)28)15-23(29)26-11-13-27(14-12-26)32(30,31)22-6-4-3-5-20(22)16-24/h3-10,21H,11-15H2,1-2H3,(H,25,28). The molecule has 1 heterocycles. The Labute approximate surface area is 188 Å². The molecule has 1 aliphatic rings. The van der Waals surface area contributed by atoms with Crippen LogP contribution in [-0.4, -0.2) is 55.6 Å². The van der Waals surface area contributed by atoms with Crippen LogP contribution in [0.3, 0.4) is 0 Å². The second kappa shape index (κ2) is 9.94. The zero-order valence-corrected chi connectivity index (χ0v) is 18.9. The average molecular weight is 455 g/mol. The smallest absolute Gasteiger partial charge is 0.244 e. The van der Waals surface area contributed by atoms with E-state index in [0.29, 0.717) is 0 Å². The quantitative estimate of drug-likeness (QED) is 0.717. The van der Waals surface area contributed by atoms with Crippen LogP contribution >= 0.6 is 0 Å². The minimum absolute atomic E-state index is 0.0210. The third-order valence-electron chi connectivity index (χ3n) is 5.45. The molecule has 1 N–H and O–H groups in total. The van der Waals surface area contributed by atoms with E-state index >= 15 is 0 Å². The lowest BCUT2D eigenvalue weighted by atomic mass is 10.0. The number of carbonyl (C=O) groups excluding carboxylic acids is 2. The van der Waals surface area contributed by atoms with E-state index in [0.717, 1.165) is 11.1 Å². The summed E-state index contributed by atoms with van der Waals surface area (Å²) in [4.78, 5) is 26.2. The van der Waals surface area contributed by atoms with Crippen molar-refractivity contribution in [3.63, 3.8) is 0 Å². The zero-order valence-electron chi connectivity index (χ0n) is 18.1. The topological polar surface area (TPSA) is 111 Å². The summed E-state index contributed by atoms with van der Waals surface area (Å²) in [6.07, 6.45) is 0.0899. The molecule has 1 aliphatic heterocycles. The average Bonchev–Trinajstić information content (AvgIpc) is 2.78. The van der Waals surface area contributed by atoms with E-state index < -0.39 is 16.1 Å². The van der Waals surface area contributed by atoms with Gasteiger partial charge in [0, 0.05) is 33.1 Å². The Kier molecular flexibility index (Phi) is 7.28. The minimum atomic E-state index is -3.82. The van der Waals surface area contributed by atoms with E-state index in [4.69, 9.17) is 0 Å². The highest BCUT2D eigenvalue weighted by molar-refractivity contribution is 7.89. The van der Waals surface area contributed by atoms with Crippen LogP contribution in [0, 0.1) is 18.3 Å². The maximum absolute atomic E-state index is 13.0. The SMILES string of the molecule is CC(=O)NC(CC(=O)N1CCN(S(=O)(=O)c2ccccc2C#N)CC1)c1ccc(C)cc1. The van der Waals surface area contributed by atoms with Crippen LogP contribution in [0.1, 0.15) is 36.1 Å². The molecule has 0 radical (unpaired) electrons. The van der Waals surface area contributed by atoms with Gasteiger partial charge in [-0.15, -0.1) is 0 Å². The van der Waals surface area contributed by atoms with Crippen LogP contribution in [0.5, 0.6) is 0 Å². The Balaban J connectivity index is 1.67. The van der Waals surface area contributed by atoms with Gasteiger partial charge in [0.05, 0.1) is 22.9 Å². The van der Waals surface area contributed by atoms with Gasteiger partial charge >= 0.3 is 0 Å². The predicted molar refractivity (Wildman–Crippen MR) is 119 cm³/mol. The molecule has 9 heteroatoms. The van der Waals surface area contributed by atoms with Crippen molar-refractivity contribution in [3.8, 4) is 6.07 Å². The lowest BCUT2D eigenvalue weighted by molar-refractivity contribution is -0.133. The Hall–Kier alpha value is -3.22. The van der Waals surface area contributed by atoms with Gasteiger partial charge in [0.2, 0.25) is 21.8 Å². The Bertz CT molecular complexity index is 1130. The van der Waals surface area contributed by atoms with Crippen LogP contribution in [-0.2, 0) is 19.6 Å². The van der Waals surface area contributed by atoms with Crippen molar-refractivity contribution >= 4 is 21.8 Å². The lowest BCUT2D eigenvalue weighted by Crippen LogP contribution is -2.51. The van der Waals surface area contributed by atoms with Gasteiger partial charge in [0.15, 0.2) is 0 Å². The van der Waals surface area contributed by atoms with E-state index in [2.05, 4.69) is 5.32 Å². The number of benzene rings is 2. The molecule has 0 aliphatic carbocycles. The number of nitriles is 1. The fourth-order valence-electron chi connectivity index (χ4n) is 3.70. The summed E-state index contributed by atoms with van der Waals surface area (Å²) in [6.45, 7) is 4.15. The van der Waals surface area contributed by atoms with Gasteiger partial charge in [-0.3, -0.25) is 9.59 Å². The van der Waals surface area contributed by atoms with E-state index in [1.807, 2.05) is 37.3 Å². The molecular weight excluding hydrogens is 428 g/mol. The number of hydrogen-bond donors (Lipinski definition) is 1. The first-order valence-electron chi connectivity index (χ1n) is 10.3. The third-order valence-corrected chi connectivity index (χ3v) is 7.41. The van der Waals surface area contributed by atoms with Crippen molar-refractivity contribution in [3.05, 3.63) is 65.2 Å². The van der Waals surface area contributed by atoms with Gasteiger partial charge in [-0.25, -0.2) is 8.42 Å². The largest absolute Gasteiger partial charge is 0.349 e. The highest BCUT2D eigenvalue weighted by Crippen LogP contribution is 2.23. The van der Waals surface area contributed by atoms with Crippen LogP contribution in [0.15, 0.2) is 53.4 Å². The molecule has 8 nitrogen and oxygen atoms in total. The molecule has 2 aromatic rings. The minimum Gasteiger partial charge on any atom is -0.349 e. The van der Waals surface area contributed by atoms with Gasteiger partial charge < -0.3 is 10.2 Å². The second-order valence-electron chi connectivity index (χ2n) is 7.76. The first-order valence-corrected chi connectivity index (χ1v) is 11.8. The molecule has 1 saturated heterocycles. The Morgan fingerprint density at radius 1 is 1.06 bits per heavy atom. The summed E-state index contributed by atoms with van der Waals surface area (Å²) in [5.74, 6) is -0.380. The van der Waals surface area contributed by atoms with Crippen LogP contribution in [0.4, 0.5) is 0 Å². The number of hydrogen-bond acceptors (Lipinski definition) is 5.